The van der Waals surface area contributed by atoms with E-state index in [1.807, 2.05) is 13.8 Å². The minimum atomic E-state index is -0.174. The van der Waals surface area contributed by atoms with Crippen LogP contribution in [0.25, 0.3) is 11.7 Å². The van der Waals surface area contributed by atoms with Crippen LogP contribution in [0.2, 0.25) is 0 Å². The molecule has 9 heteroatoms. The van der Waals surface area contributed by atoms with E-state index < -0.39 is 0 Å². The number of amides is 1. The molecule has 1 aromatic carbocycles. The van der Waals surface area contributed by atoms with Crippen LogP contribution in [-0.4, -0.2) is 41.3 Å². The molecule has 0 saturated carbocycles. The Morgan fingerprint density at radius 1 is 1.28 bits per heavy atom. The Kier molecular flexibility index (Phi) is 6.92. The number of carbonyl (C=O) groups is 1. The number of methoxy groups -OCH3 is 1. The SMILES string of the molecule is CCCN(Cc1nnc(-c2ccco2)o1)C(=O)c1cc(Br)c(OCC)c(OC)c1. The summed E-state index contributed by atoms with van der Waals surface area (Å²) in [5.74, 6) is 1.96. The second kappa shape index (κ2) is 9.60. The van der Waals surface area contributed by atoms with Crippen LogP contribution in [0.5, 0.6) is 11.5 Å². The van der Waals surface area contributed by atoms with Gasteiger partial charge in [0.05, 0.1) is 31.0 Å². The second-order valence-corrected chi connectivity index (χ2v) is 6.98. The van der Waals surface area contributed by atoms with E-state index in [-0.39, 0.29) is 18.3 Å². The second-order valence-electron chi connectivity index (χ2n) is 6.13. The van der Waals surface area contributed by atoms with E-state index in [0.29, 0.717) is 46.3 Å². The van der Waals surface area contributed by atoms with E-state index in [1.165, 1.54) is 13.4 Å². The van der Waals surface area contributed by atoms with Gasteiger partial charge >= 0.3 is 0 Å². The van der Waals surface area contributed by atoms with Crippen molar-refractivity contribution in [3.8, 4) is 23.1 Å². The number of furan rings is 1. The molecule has 154 valence electrons. The molecule has 3 aromatic rings. The Hall–Kier alpha value is -2.81. The molecule has 0 aliphatic heterocycles. The molecule has 0 spiro atoms. The van der Waals surface area contributed by atoms with E-state index >= 15 is 0 Å². The summed E-state index contributed by atoms with van der Waals surface area (Å²) in [6.45, 7) is 5.09. The highest BCUT2D eigenvalue weighted by Gasteiger charge is 2.22. The van der Waals surface area contributed by atoms with Crippen molar-refractivity contribution in [3.05, 3.63) is 46.5 Å². The van der Waals surface area contributed by atoms with Crippen LogP contribution in [0.15, 0.2) is 43.8 Å². The van der Waals surface area contributed by atoms with Crippen molar-refractivity contribution in [3.63, 3.8) is 0 Å². The number of hydrogen-bond donors (Lipinski definition) is 0. The normalized spacial score (nSPS) is 10.8. The van der Waals surface area contributed by atoms with Gasteiger partial charge in [-0.15, -0.1) is 10.2 Å². The van der Waals surface area contributed by atoms with Crippen molar-refractivity contribution >= 4 is 21.8 Å². The molecule has 0 N–H and O–H groups in total. The number of benzene rings is 1. The summed E-state index contributed by atoms with van der Waals surface area (Å²) in [4.78, 5) is 14.8. The van der Waals surface area contributed by atoms with Crippen LogP contribution in [0.3, 0.4) is 0 Å². The monoisotopic (exact) mass is 463 g/mol. The first kappa shape index (κ1) is 20.9. The summed E-state index contributed by atoms with van der Waals surface area (Å²) in [5, 5.41) is 8.02. The fourth-order valence-corrected chi connectivity index (χ4v) is 3.37. The topological polar surface area (TPSA) is 90.8 Å². The van der Waals surface area contributed by atoms with Gasteiger partial charge in [-0.05, 0) is 53.5 Å². The fraction of sp³-hybridized carbons (Fsp3) is 0.350. The number of nitrogens with zero attached hydrogens (tertiary/aromatic N) is 3. The molecule has 29 heavy (non-hydrogen) atoms. The third-order valence-corrected chi connectivity index (χ3v) is 4.66. The summed E-state index contributed by atoms with van der Waals surface area (Å²) in [6.07, 6.45) is 2.31. The van der Waals surface area contributed by atoms with Gasteiger partial charge in [-0.1, -0.05) is 6.92 Å². The third-order valence-electron chi connectivity index (χ3n) is 4.07. The van der Waals surface area contributed by atoms with Gasteiger partial charge in [0.15, 0.2) is 17.3 Å². The van der Waals surface area contributed by atoms with Crippen LogP contribution < -0.4 is 9.47 Å². The maximum Gasteiger partial charge on any atom is 0.283 e. The molecule has 0 aliphatic carbocycles. The standard InChI is InChI=1S/C20H22BrN3O5/c1-4-8-24(12-17-22-23-19(29-17)15-7-6-9-28-15)20(25)13-10-14(21)18(27-5-2)16(11-13)26-3/h6-7,9-11H,4-5,8,12H2,1-3H3. The Bertz CT molecular complexity index is 955. The molecule has 0 radical (unpaired) electrons. The number of rotatable bonds is 9. The number of halogens is 1. The molecule has 2 heterocycles. The van der Waals surface area contributed by atoms with Crippen LogP contribution in [0, 0.1) is 0 Å². The van der Waals surface area contributed by atoms with E-state index in [4.69, 9.17) is 18.3 Å². The van der Waals surface area contributed by atoms with Crippen LogP contribution in [0.4, 0.5) is 0 Å². The molecule has 2 aromatic heterocycles. The van der Waals surface area contributed by atoms with Crippen LogP contribution >= 0.6 is 15.9 Å². The largest absolute Gasteiger partial charge is 0.493 e. The number of hydrogen-bond acceptors (Lipinski definition) is 7. The van der Waals surface area contributed by atoms with Crippen molar-refractivity contribution in [1.29, 1.82) is 0 Å². The minimum Gasteiger partial charge on any atom is -0.493 e. The lowest BCUT2D eigenvalue weighted by Gasteiger charge is -2.21. The van der Waals surface area contributed by atoms with Gasteiger partial charge < -0.3 is 23.2 Å². The molecule has 0 unspecified atom stereocenters. The smallest absolute Gasteiger partial charge is 0.283 e. The highest BCUT2D eigenvalue weighted by atomic mass is 79.9. The van der Waals surface area contributed by atoms with Gasteiger partial charge in [0.2, 0.25) is 5.89 Å². The highest BCUT2D eigenvalue weighted by molar-refractivity contribution is 9.10. The van der Waals surface area contributed by atoms with Crippen molar-refractivity contribution in [2.75, 3.05) is 20.3 Å². The molecule has 3 rings (SSSR count). The Labute approximate surface area is 176 Å². The average molecular weight is 464 g/mol. The van der Waals surface area contributed by atoms with Crippen molar-refractivity contribution in [2.45, 2.75) is 26.8 Å². The minimum absolute atomic E-state index is 0.174. The summed E-state index contributed by atoms with van der Waals surface area (Å²) < 4.78 is 22.6. The molecular formula is C20H22BrN3O5. The van der Waals surface area contributed by atoms with E-state index in [0.717, 1.165) is 6.42 Å². The molecule has 0 bridgehead atoms. The maximum atomic E-state index is 13.2. The first-order valence-electron chi connectivity index (χ1n) is 9.23. The van der Waals surface area contributed by atoms with E-state index in [2.05, 4.69) is 26.1 Å². The number of aromatic nitrogens is 2. The zero-order valence-electron chi connectivity index (χ0n) is 16.5. The average Bonchev–Trinajstić information content (AvgIpc) is 3.40. The van der Waals surface area contributed by atoms with Crippen LogP contribution in [-0.2, 0) is 6.54 Å². The predicted molar refractivity (Wildman–Crippen MR) is 109 cm³/mol. The first-order chi connectivity index (χ1) is 14.1. The fourth-order valence-electron chi connectivity index (χ4n) is 2.81. The quantitative estimate of drug-likeness (QED) is 0.459. The molecule has 0 fully saturated rings. The number of ether oxygens (including phenoxy) is 2. The molecule has 0 saturated heterocycles. The zero-order chi connectivity index (χ0) is 20.8. The summed E-state index contributed by atoms with van der Waals surface area (Å²) in [7, 11) is 1.54. The first-order valence-corrected chi connectivity index (χ1v) is 10.0. The van der Waals surface area contributed by atoms with Crippen molar-refractivity contribution in [2.24, 2.45) is 0 Å². The van der Waals surface area contributed by atoms with Gasteiger partial charge in [-0.2, -0.15) is 0 Å². The molecule has 1 amide bonds. The number of carbonyl (C=O) groups excluding carboxylic acids is 1. The molecule has 0 atom stereocenters. The summed E-state index contributed by atoms with van der Waals surface area (Å²) >= 11 is 3.46. The van der Waals surface area contributed by atoms with Crippen molar-refractivity contribution < 1.29 is 23.1 Å². The van der Waals surface area contributed by atoms with Gasteiger partial charge in [0.25, 0.3) is 11.8 Å². The lowest BCUT2D eigenvalue weighted by atomic mass is 10.1. The summed E-state index contributed by atoms with van der Waals surface area (Å²) in [6, 6.07) is 6.86. The molecule has 0 aliphatic rings. The molecular weight excluding hydrogens is 442 g/mol. The highest BCUT2D eigenvalue weighted by Crippen LogP contribution is 2.37. The van der Waals surface area contributed by atoms with Crippen LogP contribution in [0.1, 0.15) is 36.5 Å². The van der Waals surface area contributed by atoms with Crippen molar-refractivity contribution in [1.82, 2.24) is 15.1 Å². The Morgan fingerprint density at radius 3 is 2.76 bits per heavy atom. The zero-order valence-corrected chi connectivity index (χ0v) is 18.1. The Balaban J connectivity index is 1.83. The van der Waals surface area contributed by atoms with E-state index in [9.17, 15) is 4.79 Å². The van der Waals surface area contributed by atoms with Gasteiger partial charge in [-0.25, -0.2) is 0 Å². The lowest BCUT2D eigenvalue weighted by molar-refractivity contribution is 0.0728. The third kappa shape index (κ3) is 4.79. The van der Waals surface area contributed by atoms with E-state index in [1.54, 1.807) is 29.2 Å². The predicted octanol–water partition coefficient (Wildman–Crippen LogP) is 4.55. The molecule has 8 nitrogen and oxygen atoms in total. The van der Waals surface area contributed by atoms with Gasteiger partial charge in [0, 0.05) is 12.1 Å². The lowest BCUT2D eigenvalue weighted by Crippen LogP contribution is -2.31. The van der Waals surface area contributed by atoms with Gasteiger partial charge in [0.1, 0.15) is 0 Å². The summed E-state index contributed by atoms with van der Waals surface area (Å²) in [5.41, 5.74) is 0.469. The maximum absolute atomic E-state index is 13.2. The van der Waals surface area contributed by atoms with Gasteiger partial charge in [-0.3, -0.25) is 4.79 Å². The Morgan fingerprint density at radius 2 is 2.10 bits per heavy atom.